The molecule has 4 rings (SSSR count). The summed E-state index contributed by atoms with van der Waals surface area (Å²) >= 11 is 1.53. The number of amides is 1. The number of fused-ring (bicyclic) bond motifs is 1. The van der Waals surface area contributed by atoms with Crippen LogP contribution in [-0.4, -0.2) is 26.5 Å². The third-order valence-corrected chi connectivity index (χ3v) is 5.40. The fourth-order valence-electron chi connectivity index (χ4n) is 3.16. The molecule has 0 atom stereocenters. The molecule has 1 aliphatic carbocycles. The molecule has 0 aromatic carbocycles. The zero-order valence-electron chi connectivity index (χ0n) is 13.5. The molecule has 0 unspecified atom stereocenters. The highest BCUT2D eigenvalue weighted by Gasteiger charge is 2.39. The molecule has 0 saturated heterocycles. The number of nitrogens with zero attached hydrogens (tertiary/aromatic N) is 3. The Balaban J connectivity index is 1.60. The maximum atomic E-state index is 14.8. The van der Waals surface area contributed by atoms with Gasteiger partial charge in [0, 0.05) is 23.3 Å². The maximum absolute atomic E-state index is 14.8. The minimum atomic E-state index is -1.78. The Labute approximate surface area is 148 Å². The first-order valence-corrected chi connectivity index (χ1v) is 9.17. The van der Waals surface area contributed by atoms with Crippen LogP contribution >= 0.6 is 11.3 Å². The van der Waals surface area contributed by atoms with Crippen LogP contribution in [0, 0.1) is 0 Å². The van der Waals surface area contributed by atoms with Crippen molar-refractivity contribution < 1.29 is 9.18 Å². The van der Waals surface area contributed by atoms with E-state index in [0.29, 0.717) is 5.82 Å². The molecule has 7 heteroatoms. The van der Waals surface area contributed by atoms with E-state index in [1.807, 2.05) is 6.07 Å². The summed E-state index contributed by atoms with van der Waals surface area (Å²) in [6.07, 6.45) is 8.19. The van der Waals surface area contributed by atoms with Crippen LogP contribution in [0.1, 0.15) is 32.1 Å². The van der Waals surface area contributed by atoms with Crippen molar-refractivity contribution in [3.63, 3.8) is 0 Å². The van der Waals surface area contributed by atoms with E-state index < -0.39 is 11.6 Å². The third kappa shape index (κ3) is 3.24. The number of alkyl halides is 1. The van der Waals surface area contributed by atoms with Crippen LogP contribution in [0.4, 0.5) is 10.2 Å². The van der Waals surface area contributed by atoms with Crippen molar-refractivity contribution in [2.75, 3.05) is 5.32 Å². The van der Waals surface area contributed by atoms with Crippen LogP contribution in [0.5, 0.6) is 0 Å². The van der Waals surface area contributed by atoms with Crippen molar-refractivity contribution in [3.05, 3.63) is 36.2 Å². The van der Waals surface area contributed by atoms with Crippen LogP contribution < -0.4 is 5.32 Å². The van der Waals surface area contributed by atoms with E-state index in [9.17, 15) is 9.18 Å². The second kappa shape index (κ2) is 6.48. The molecule has 128 valence electrons. The Kier molecular flexibility index (Phi) is 4.17. The predicted octanol–water partition coefficient (Wildman–Crippen LogP) is 4.36. The van der Waals surface area contributed by atoms with E-state index in [-0.39, 0.29) is 12.8 Å². The maximum Gasteiger partial charge on any atom is 0.263 e. The van der Waals surface area contributed by atoms with Crippen LogP contribution in [0.15, 0.2) is 36.2 Å². The molecule has 1 fully saturated rings. The average Bonchev–Trinajstić information content (AvgIpc) is 3.16. The molecule has 1 aliphatic rings. The number of hydrogen-bond donors (Lipinski definition) is 1. The van der Waals surface area contributed by atoms with Gasteiger partial charge in [-0.15, -0.1) is 11.3 Å². The van der Waals surface area contributed by atoms with Crippen molar-refractivity contribution in [3.8, 4) is 10.4 Å². The largest absolute Gasteiger partial charge is 0.308 e. The van der Waals surface area contributed by atoms with Gasteiger partial charge in [-0.1, -0.05) is 6.42 Å². The summed E-state index contributed by atoms with van der Waals surface area (Å²) in [7, 11) is 0. The lowest BCUT2D eigenvalue weighted by atomic mass is 9.86. The summed E-state index contributed by atoms with van der Waals surface area (Å²) < 4.78 is 14.8. The topological polar surface area (TPSA) is 67.8 Å². The van der Waals surface area contributed by atoms with Gasteiger partial charge in [0.25, 0.3) is 5.91 Å². The van der Waals surface area contributed by atoms with Gasteiger partial charge in [-0.2, -0.15) is 0 Å². The molecule has 3 aromatic heterocycles. The van der Waals surface area contributed by atoms with E-state index in [0.717, 1.165) is 40.6 Å². The highest BCUT2D eigenvalue weighted by atomic mass is 32.1. The monoisotopic (exact) mass is 356 g/mol. The lowest BCUT2D eigenvalue weighted by Gasteiger charge is -2.27. The SMILES string of the molecule is O=C(Nc1cc2cc(-c3cncs3)cnc2cn1)C1(F)CCCCC1. The predicted molar refractivity (Wildman–Crippen MR) is 96.2 cm³/mol. The van der Waals surface area contributed by atoms with Gasteiger partial charge in [0.2, 0.25) is 0 Å². The summed E-state index contributed by atoms with van der Waals surface area (Å²) in [6, 6.07) is 3.70. The molecule has 1 amide bonds. The van der Waals surface area contributed by atoms with Gasteiger partial charge in [0.15, 0.2) is 5.67 Å². The fraction of sp³-hybridized carbons (Fsp3) is 0.333. The van der Waals surface area contributed by atoms with Crippen molar-refractivity contribution >= 4 is 34.0 Å². The highest BCUT2D eigenvalue weighted by Crippen LogP contribution is 2.33. The van der Waals surface area contributed by atoms with E-state index >= 15 is 0 Å². The molecule has 5 nitrogen and oxygen atoms in total. The molecular formula is C18H17FN4OS. The summed E-state index contributed by atoms with van der Waals surface area (Å²) in [6.45, 7) is 0. The Bertz CT molecular complexity index is 907. The molecule has 0 bridgehead atoms. The standard InChI is InChI=1S/C18H17FN4OS/c19-18(4-2-1-3-5-18)17(24)23-16-7-12-6-13(15-10-20-11-25-15)8-21-14(12)9-22-16/h6-11H,1-5H2,(H,22,23,24). The second-order valence-corrected chi connectivity index (χ2v) is 7.22. The number of carbonyl (C=O) groups is 1. The second-order valence-electron chi connectivity index (χ2n) is 6.33. The van der Waals surface area contributed by atoms with Gasteiger partial charge in [-0.25, -0.2) is 9.37 Å². The van der Waals surface area contributed by atoms with Gasteiger partial charge in [-0.3, -0.25) is 14.8 Å². The average molecular weight is 356 g/mol. The van der Waals surface area contributed by atoms with Gasteiger partial charge in [0.05, 0.1) is 22.1 Å². The zero-order chi connectivity index (χ0) is 17.3. The molecular weight excluding hydrogens is 339 g/mol. The van der Waals surface area contributed by atoms with Crippen molar-refractivity contribution in [2.45, 2.75) is 37.8 Å². The molecule has 3 aromatic rings. The molecule has 0 radical (unpaired) electrons. The summed E-state index contributed by atoms with van der Waals surface area (Å²) in [4.78, 5) is 26.0. The summed E-state index contributed by atoms with van der Waals surface area (Å²) in [5.74, 6) is -0.242. The molecule has 25 heavy (non-hydrogen) atoms. The normalized spacial score (nSPS) is 16.7. The Morgan fingerprint density at radius 1 is 1.12 bits per heavy atom. The summed E-state index contributed by atoms with van der Waals surface area (Å²) in [5.41, 5.74) is 1.66. The van der Waals surface area contributed by atoms with Gasteiger partial charge in [0.1, 0.15) is 5.82 Å². The summed E-state index contributed by atoms with van der Waals surface area (Å²) in [5, 5.41) is 3.48. The molecule has 3 heterocycles. The number of rotatable bonds is 3. The molecule has 0 spiro atoms. The lowest BCUT2D eigenvalue weighted by Crippen LogP contribution is -2.40. The Morgan fingerprint density at radius 3 is 2.72 bits per heavy atom. The smallest absolute Gasteiger partial charge is 0.263 e. The first-order valence-electron chi connectivity index (χ1n) is 8.29. The number of aromatic nitrogens is 3. The number of thiazole rings is 1. The van der Waals surface area contributed by atoms with Crippen LogP contribution in [0.3, 0.4) is 0 Å². The third-order valence-electron chi connectivity index (χ3n) is 4.58. The Morgan fingerprint density at radius 2 is 1.96 bits per heavy atom. The van der Waals surface area contributed by atoms with Crippen LogP contribution in [0.25, 0.3) is 21.3 Å². The van der Waals surface area contributed by atoms with Gasteiger partial charge >= 0.3 is 0 Å². The van der Waals surface area contributed by atoms with E-state index in [2.05, 4.69) is 20.3 Å². The fourth-order valence-corrected chi connectivity index (χ4v) is 3.76. The first-order chi connectivity index (χ1) is 12.1. The van der Waals surface area contributed by atoms with Crippen LogP contribution in [0.2, 0.25) is 0 Å². The van der Waals surface area contributed by atoms with E-state index in [1.54, 1.807) is 30.2 Å². The quantitative estimate of drug-likeness (QED) is 0.757. The number of pyridine rings is 2. The van der Waals surface area contributed by atoms with E-state index in [1.165, 1.54) is 11.3 Å². The van der Waals surface area contributed by atoms with Crippen molar-refractivity contribution in [2.24, 2.45) is 0 Å². The highest BCUT2D eigenvalue weighted by molar-refractivity contribution is 7.13. The number of halogens is 1. The number of anilines is 1. The van der Waals surface area contributed by atoms with Gasteiger partial charge in [-0.05, 0) is 37.8 Å². The number of nitrogens with one attached hydrogen (secondary N) is 1. The zero-order valence-corrected chi connectivity index (χ0v) is 14.4. The minimum Gasteiger partial charge on any atom is -0.308 e. The van der Waals surface area contributed by atoms with Crippen molar-refractivity contribution in [1.82, 2.24) is 15.0 Å². The van der Waals surface area contributed by atoms with Gasteiger partial charge < -0.3 is 5.32 Å². The first kappa shape index (κ1) is 16.1. The minimum absolute atomic E-state index is 0.281. The number of carbonyl (C=O) groups excluding carboxylic acids is 1. The molecule has 0 aliphatic heterocycles. The molecule has 1 saturated carbocycles. The van der Waals surface area contributed by atoms with E-state index in [4.69, 9.17) is 0 Å². The lowest BCUT2D eigenvalue weighted by molar-refractivity contribution is -0.129. The molecule has 1 N–H and O–H groups in total. The number of hydrogen-bond acceptors (Lipinski definition) is 5. The Hall–Kier alpha value is -2.41. The van der Waals surface area contributed by atoms with Crippen LogP contribution in [-0.2, 0) is 4.79 Å². The van der Waals surface area contributed by atoms with Crippen molar-refractivity contribution in [1.29, 1.82) is 0 Å².